The minimum atomic E-state index is -0.579. The zero-order valence-electron chi connectivity index (χ0n) is 26.9. The van der Waals surface area contributed by atoms with Gasteiger partial charge in [0.2, 0.25) is 0 Å². The maximum atomic E-state index is 11.6. The first-order valence-corrected chi connectivity index (χ1v) is 17.6. The molecule has 0 aromatic carbocycles. The van der Waals surface area contributed by atoms with E-state index >= 15 is 0 Å². The van der Waals surface area contributed by atoms with Gasteiger partial charge < -0.3 is 29.9 Å². The number of hydrogen-bond acceptors (Lipinski definition) is 7. The molecule has 0 radical (unpaired) electrons. The molecule has 7 atom stereocenters. The lowest BCUT2D eigenvalue weighted by atomic mass is 10.00. The summed E-state index contributed by atoms with van der Waals surface area (Å²) in [4.78, 5) is 11.6. The lowest BCUT2D eigenvalue weighted by molar-refractivity contribution is -0.139. The van der Waals surface area contributed by atoms with Crippen LogP contribution in [0.4, 0.5) is 0 Å². The third kappa shape index (κ3) is 16.2. The van der Waals surface area contributed by atoms with Crippen LogP contribution in [0, 0.1) is 0 Å². The summed E-state index contributed by atoms with van der Waals surface area (Å²) in [6.45, 7) is 3.86. The van der Waals surface area contributed by atoms with Gasteiger partial charge >= 0.3 is 5.97 Å². The Labute approximate surface area is 256 Å². The molecule has 42 heavy (non-hydrogen) atoms. The van der Waals surface area contributed by atoms with Gasteiger partial charge in [-0.15, -0.1) is 0 Å². The summed E-state index contributed by atoms with van der Waals surface area (Å²) in [5.41, 5.74) is 0.623. The topological polar surface area (TPSA) is 116 Å². The Hall–Kier alpha value is -0.990. The number of hydrogen-bond donors (Lipinski definition) is 4. The van der Waals surface area contributed by atoms with Crippen molar-refractivity contribution in [3.63, 3.8) is 0 Å². The molecule has 2 rings (SSSR count). The first-order chi connectivity index (χ1) is 20.3. The molecule has 7 heteroatoms. The van der Waals surface area contributed by atoms with Crippen LogP contribution in [0.5, 0.6) is 0 Å². The Balaban J connectivity index is 1.35. The van der Waals surface area contributed by atoms with Gasteiger partial charge in [0.05, 0.1) is 36.6 Å². The molecular weight excluding hydrogens is 532 g/mol. The lowest BCUT2D eigenvalue weighted by Crippen LogP contribution is -2.26. The highest BCUT2D eigenvalue weighted by Crippen LogP contribution is 2.28. The van der Waals surface area contributed by atoms with Gasteiger partial charge in [-0.2, -0.15) is 0 Å². The van der Waals surface area contributed by atoms with E-state index in [1.54, 1.807) is 0 Å². The van der Waals surface area contributed by atoms with E-state index in [4.69, 9.17) is 9.47 Å². The highest BCUT2D eigenvalue weighted by Gasteiger charge is 2.30. The second kappa shape index (κ2) is 22.5. The van der Waals surface area contributed by atoms with E-state index in [9.17, 15) is 25.2 Å². The van der Waals surface area contributed by atoms with Crippen molar-refractivity contribution in [2.45, 2.75) is 204 Å². The Kier molecular flexibility index (Phi) is 19.9. The highest BCUT2D eigenvalue weighted by molar-refractivity contribution is 5.90. The molecule has 1 saturated heterocycles. The van der Waals surface area contributed by atoms with Gasteiger partial charge in [0.15, 0.2) is 0 Å². The fourth-order valence-electron chi connectivity index (χ4n) is 6.46. The second-order valence-corrected chi connectivity index (χ2v) is 13.1. The van der Waals surface area contributed by atoms with Gasteiger partial charge in [-0.3, -0.25) is 0 Å². The maximum absolute atomic E-state index is 11.6. The van der Waals surface area contributed by atoms with Gasteiger partial charge in [0.1, 0.15) is 6.10 Å². The molecule has 1 fully saturated rings. The molecule has 2 aliphatic heterocycles. The van der Waals surface area contributed by atoms with Crippen molar-refractivity contribution < 1.29 is 34.7 Å². The number of ether oxygens (including phenoxy) is 2. The van der Waals surface area contributed by atoms with Gasteiger partial charge in [-0.25, -0.2) is 4.79 Å². The monoisotopic (exact) mass is 596 g/mol. The molecule has 0 aliphatic carbocycles. The molecule has 2 aliphatic rings. The van der Waals surface area contributed by atoms with E-state index in [0.29, 0.717) is 30.9 Å². The van der Waals surface area contributed by atoms with Crippen molar-refractivity contribution in [1.29, 1.82) is 0 Å². The number of aliphatic hydroxyl groups excluding tert-OH is 4. The quantitative estimate of drug-likeness (QED) is 0.0624. The molecule has 0 aromatic heterocycles. The van der Waals surface area contributed by atoms with Crippen LogP contribution in [-0.4, -0.2) is 69.1 Å². The average Bonchev–Trinajstić information content (AvgIpc) is 3.56. The number of aliphatic hydroxyl groups is 4. The van der Waals surface area contributed by atoms with Crippen LogP contribution in [0.15, 0.2) is 11.6 Å². The molecule has 0 saturated carbocycles. The van der Waals surface area contributed by atoms with Gasteiger partial charge in [0, 0.05) is 12.0 Å². The van der Waals surface area contributed by atoms with Crippen LogP contribution in [0.1, 0.15) is 162 Å². The van der Waals surface area contributed by atoms with Crippen molar-refractivity contribution in [2.24, 2.45) is 0 Å². The molecule has 0 bridgehead atoms. The van der Waals surface area contributed by atoms with E-state index in [2.05, 4.69) is 0 Å². The third-order valence-electron chi connectivity index (χ3n) is 9.11. The van der Waals surface area contributed by atoms with Crippen molar-refractivity contribution in [1.82, 2.24) is 0 Å². The standard InChI is InChI=1S/C35H64O7/c1-3-18-31(37)32(38)21-16-12-8-9-13-17-22-33(39)34-24-23-30(42-34)20-15-11-7-5-4-6-10-14-19-29(36)26-28-25-27(2)41-35(28)40/h25,27,29-34,36-39H,3-24,26H2,1-2H3/t27-,29+,30-,31-,32-,33+,34+/m0/s1. The van der Waals surface area contributed by atoms with E-state index in [1.807, 2.05) is 19.9 Å². The number of carbonyl (C=O) groups is 1. The van der Waals surface area contributed by atoms with Crippen molar-refractivity contribution in [3.05, 3.63) is 11.6 Å². The zero-order valence-corrected chi connectivity index (χ0v) is 26.9. The molecule has 4 N–H and O–H groups in total. The predicted molar refractivity (Wildman–Crippen MR) is 168 cm³/mol. The maximum Gasteiger partial charge on any atom is 0.334 e. The van der Waals surface area contributed by atoms with E-state index < -0.39 is 18.3 Å². The molecule has 0 spiro atoms. The summed E-state index contributed by atoms with van der Waals surface area (Å²) < 4.78 is 11.3. The van der Waals surface area contributed by atoms with Gasteiger partial charge in [-0.1, -0.05) is 103 Å². The number of carbonyl (C=O) groups excluding carboxylic acids is 1. The first-order valence-electron chi connectivity index (χ1n) is 17.6. The summed E-state index contributed by atoms with van der Waals surface area (Å²) in [6, 6.07) is 0. The third-order valence-corrected chi connectivity index (χ3v) is 9.11. The molecule has 246 valence electrons. The SMILES string of the molecule is CCC[C@H](O)[C@@H](O)CCCCCCCC[C@@H](O)[C@H]1CC[C@H](CCCCCCCCCC[C@@H](O)CC2=C[C@H](C)OC2=O)O1. The highest BCUT2D eigenvalue weighted by atomic mass is 16.5. The van der Waals surface area contributed by atoms with E-state index in [-0.39, 0.29) is 24.3 Å². The number of esters is 1. The predicted octanol–water partition coefficient (Wildman–Crippen LogP) is 7.06. The Morgan fingerprint density at radius 1 is 0.738 bits per heavy atom. The largest absolute Gasteiger partial charge is 0.455 e. The molecule has 0 amide bonds. The lowest BCUT2D eigenvalue weighted by Gasteiger charge is -2.19. The van der Waals surface area contributed by atoms with E-state index in [1.165, 1.54) is 38.5 Å². The Morgan fingerprint density at radius 3 is 1.88 bits per heavy atom. The van der Waals surface area contributed by atoms with Crippen molar-refractivity contribution in [2.75, 3.05) is 0 Å². The summed E-state index contributed by atoms with van der Waals surface area (Å²) in [5.74, 6) is -0.276. The normalized spacial score (nSPS) is 23.5. The van der Waals surface area contributed by atoms with Crippen molar-refractivity contribution in [3.8, 4) is 0 Å². The average molecular weight is 597 g/mol. The smallest absolute Gasteiger partial charge is 0.334 e. The summed E-state index contributed by atoms with van der Waals surface area (Å²) in [6.07, 6.45) is 23.5. The molecule has 2 heterocycles. The van der Waals surface area contributed by atoms with E-state index in [0.717, 1.165) is 89.9 Å². The molecular formula is C35H64O7. The summed E-state index contributed by atoms with van der Waals surface area (Å²) in [7, 11) is 0. The number of unbranched alkanes of at least 4 members (excludes halogenated alkanes) is 12. The molecule has 0 aromatic rings. The fraction of sp³-hybridized carbons (Fsp3) is 0.914. The van der Waals surface area contributed by atoms with Crippen LogP contribution >= 0.6 is 0 Å². The zero-order chi connectivity index (χ0) is 30.6. The number of rotatable bonds is 26. The first kappa shape index (κ1) is 37.2. The van der Waals surface area contributed by atoms with Gasteiger partial charge in [0.25, 0.3) is 0 Å². The second-order valence-electron chi connectivity index (χ2n) is 13.1. The number of cyclic esters (lactones) is 1. The van der Waals surface area contributed by atoms with Crippen LogP contribution < -0.4 is 0 Å². The van der Waals surface area contributed by atoms with Gasteiger partial charge in [-0.05, 0) is 57.9 Å². The minimum Gasteiger partial charge on any atom is -0.455 e. The summed E-state index contributed by atoms with van der Waals surface area (Å²) in [5, 5.41) is 40.5. The van der Waals surface area contributed by atoms with Crippen LogP contribution in [0.2, 0.25) is 0 Å². The molecule has 0 unspecified atom stereocenters. The van der Waals surface area contributed by atoms with Crippen LogP contribution in [-0.2, 0) is 14.3 Å². The van der Waals surface area contributed by atoms with Crippen LogP contribution in [0.25, 0.3) is 0 Å². The Morgan fingerprint density at radius 2 is 1.29 bits per heavy atom. The fourth-order valence-corrected chi connectivity index (χ4v) is 6.46. The molecule has 7 nitrogen and oxygen atoms in total. The van der Waals surface area contributed by atoms with Crippen molar-refractivity contribution >= 4 is 5.97 Å². The van der Waals surface area contributed by atoms with Crippen LogP contribution in [0.3, 0.4) is 0 Å². The Bertz CT molecular complexity index is 726. The summed E-state index contributed by atoms with van der Waals surface area (Å²) >= 11 is 0. The minimum absolute atomic E-state index is 0.0110.